The van der Waals surface area contributed by atoms with E-state index in [1.165, 1.54) is 12.7 Å². The Labute approximate surface area is 214 Å². The second-order valence-electron chi connectivity index (χ2n) is 7.75. The van der Waals surface area contributed by atoms with Crippen molar-refractivity contribution in [2.24, 2.45) is 32.9 Å². The van der Waals surface area contributed by atoms with E-state index in [9.17, 15) is 10.2 Å². The van der Waals surface area contributed by atoms with Crippen molar-refractivity contribution in [3.63, 3.8) is 0 Å². The Morgan fingerprint density at radius 3 is 2.14 bits per heavy atom. The molecule has 1 aliphatic heterocycles. The number of nitrogens with zero attached hydrogens (tertiary/aromatic N) is 7. The molecule has 1 fully saturated rings. The molecule has 0 saturated carbocycles. The lowest BCUT2D eigenvalue weighted by atomic mass is 10.1. The van der Waals surface area contributed by atoms with E-state index in [-0.39, 0.29) is 42.6 Å². The van der Waals surface area contributed by atoms with Crippen molar-refractivity contribution < 1.29 is 14.9 Å². The highest BCUT2D eigenvalue weighted by Gasteiger charge is 2.44. The molecule has 17 heteroatoms. The SMILES string of the molecule is Cl.Cl.NC(N)=NCCCN(CCCN=C(N)N)C[C@H]1O[C@@H](n2cnc3c(N)ncnc32)[C@H](O)[C@@H]1O. The Morgan fingerprint density at radius 1 is 0.971 bits per heavy atom. The highest BCUT2D eigenvalue weighted by atomic mass is 35.5. The zero-order chi connectivity index (χ0) is 24.0. The van der Waals surface area contributed by atoms with E-state index in [2.05, 4.69) is 29.8 Å². The summed E-state index contributed by atoms with van der Waals surface area (Å²) in [7, 11) is 0. The van der Waals surface area contributed by atoms with E-state index in [1.807, 2.05) is 0 Å². The van der Waals surface area contributed by atoms with E-state index in [0.717, 1.165) is 0 Å². The summed E-state index contributed by atoms with van der Waals surface area (Å²) < 4.78 is 7.59. The van der Waals surface area contributed by atoms with Gasteiger partial charge in [0, 0.05) is 32.7 Å². The third-order valence-electron chi connectivity index (χ3n) is 5.29. The summed E-state index contributed by atoms with van der Waals surface area (Å²) in [6.45, 7) is 2.58. The van der Waals surface area contributed by atoms with Gasteiger partial charge in [0.25, 0.3) is 0 Å². The molecule has 0 spiro atoms. The van der Waals surface area contributed by atoms with Crippen LogP contribution in [0.15, 0.2) is 22.6 Å². The number of rotatable bonds is 11. The first-order chi connectivity index (χ1) is 15.8. The van der Waals surface area contributed by atoms with Gasteiger partial charge in [-0.3, -0.25) is 14.6 Å². The van der Waals surface area contributed by atoms with Gasteiger partial charge in [0.2, 0.25) is 0 Å². The summed E-state index contributed by atoms with van der Waals surface area (Å²) in [6, 6.07) is 0. The van der Waals surface area contributed by atoms with Crippen LogP contribution in [0.4, 0.5) is 5.82 Å². The maximum Gasteiger partial charge on any atom is 0.185 e. The fourth-order valence-corrected chi connectivity index (χ4v) is 3.72. The molecule has 2 aromatic rings. The molecule has 198 valence electrons. The largest absolute Gasteiger partial charge is 0.387 e. The zero-order valence-corrected chi connectivity index (χ0v) is 20.7. The van der Waals surface area contributed by atoms with Crippen LogP contribution in [0.2, 0.25) is 0 Å². The predicted molar refractivity (Wildman–Crippen MR) is 137 cm³/mol. The predicted octanol–water partition coefficient (Wildman–Crippen LogP) is -2.50. The highest BCUT2D eigenvalue weighted by molar-refractivity contribution is 5.85. The van der Waals surface area contributed by atoms with Crippen molar-refractivity contribution in [3.8, 4) is 0 Å². The minimum Gasteiger partial charge on any atom is -0.387 e. The normalized spacial score (nSPS) is 21.3. The Hall–Kier alpha value is -2.69. The lowest BCUT2D eigenvalue weighted by molar-refractivity contribution is -0.0442. The molecule has 15 nitrogen and oxygen atoms in total. The van der Waals surface area contributed by atoms with Crippen molar-refractivity contribution in [3.05, 3.63) is 12.7 Å². The number of halogens is 2. The number of fused-ring (bicyclic) bond motifs is 1. The van der Waals surface area contributed by atoms with Crippen LogP contribution >= 0.6 is 24.8 Å². The Kier molecular flexibility index (Phi) is 12.1. The van der Waals surface area contributed by atoms with Crippen LogP contribution in [0.3, 0.4) is 0 Å². The molecule has 3 heterocycles. The van der Waals surface area contributed by atoms with Crippen LogP contribution in [-0.4, -0.2) is 97.6 Å². The highest BCUT2D eigenvalue weighted by Crippen LogP contribution is 2.32. The van der Waals surface area contributed by atoms with Crippen molar-refractivity contribution in [2.75, 3.05) is 38.5 Å². The second-order valence-corrected chi connectivity index (χ2v) is 7.75. The quantitative estimate of drug-likeness (QED) is 0.0892. The minimum atomic E-state index is -1.19. The average Bonchev–Trinajstić information content (AvgIpc) is 3.31. The molecule has 0 aromatic carbocycles. The lowest BCUT2D eigenvalue weighted by Gasteiger charge is -2.26. The molecule has 35 heavy (non-hydrogen) atoms. The number of nitrogen functional groups attached to an aromatic ring is 1. The fourth-order valence-electron chi connectivity index (χ4n) is 3.72. The number of aliphatic hydroxyl groups excluding tert-OH is 2. The Morgan fingerprint density at radius 2 is 1.57 bits per heavy atom. The third kappa shape index (κ3) is 7.91. The van der Waals surface area contributed by atoms with Crippen LogP contribution in [0.1, 0.15) is 19.1 Å². The lowest BCUT2D eigenvalue weighted by Crippen LogP contribution is -2.41. The maximum atomic E-state index is 10.7. The number of hydrogen-bond donors (Lipinski definition) is 7. The van der Waals surface area contributed by atoms with Crippen molar-refractivity contribution >= 4 is 53.7 Å². The van der Waals surface area contributed by atoms with Crippen molar-refractivity contribution in [2.45, 2.75) is 37.4 Å². The standard InChI is InChI=1S/C18H32N12O3.2ClH/c19-14-11-15(27-8-26-14)30(9-28-11)16-13(32)12(31)10(33-16)7-29(5-1-3-24-17(20)21)6-2-4-25-18(22)23;;/h8-10,12-13,16,31-32H,1-7H2,(H2,19,26,27)(H4,20,21,24)(H4,22,23,25);2*1H/t10-,12-,13-,16-;;/m1../s1. The molecule has 3 rings (SSSR count). The number of aromatic nitrogens is 4. The number of imidazole rings is 1. The molecule has 0 aliphatic carbocycles. The smallest absolute Gasteiger partial charge is 0.185 e. The minimum absolute atomic E-state index is 0. The number of aliphatic hydroxyl groups is 2. The van der Waals surface area contributed by atoms with E-state index in [1.54, 1.807) is 4.57 Å². The monoisotopic (exact) mass is 536 g/mol. The zero-order valence-electron chi connectivity index (χ0n) is 19.1. The second kappa shape index (κ2) is 14.0. The molecule has 0 amide bonds. The van der Waals surface area contributed by atoms with Gasteiger partial charge < -0.3 is 48.5 Å². The molecular weight excluding hydrogens is 503 g/mol. The molecule has 0 unspecified atom stereocenters. The van der Waals surface area contributed by atoms with Crippen LogP contribution in [0.25, 0.3) is 11.2 Å². The van der Waals surface area contributed by atoms with Gasteiger partial charge in [-0.25, -0.2) is 15.0 Å². The van der Waals surface area contributed by atoms with E-state index >= 15 is 0 Å². The molecule has 2 aromatic heterocycles. The van der Waals surface area contributed by atoms with Gasteiger partial charge in [0.05, 0.1) is 6.33 Å². The van der Waals surface area contributed by atoms with Crippen LogP contribution in [0, 0.1) is 0 Å². The number of aliphatic imine (C=N–C) groups is 2. The van der Waals surface area contributed by atoms with E-state index < -0.39 is 24.5 Å². The first kappa shape index (κ1) is 30.3. The first-order valence-corrected chi connectivity index (χ1v) is 10.6. The van der Waals surface area contributed by atoms with Gasteiger partial charge in [0.1, 0.15) is 30.2 Å². The van der Waals surface area contributed by atoms with Crippen molar-refractivity contribution in [1.82, 2.24) is 24.4 Å². The molecular formula is C18H34Cl2N12O3. The third-order valence-corrected chi connectivity index (χ3v) is 5.29. The summed E-state index contributed by atoms with van der Waals surface area (Å²) >= 11 is 0. The van der Waals surface area contributed by atoms with E-state index in [4.69, 9.17) is 33.4 Å². The van der Waals surface area contributed by atoms with Crippen LogP contribution in [0.5, 0.6) is 0 Å². The summed E-state index contributed by atoms with van der Waals surface area (Å²) in [5, 5.41) is 21.4. The summed E-state index contributed by atoms with van der Waals surface area (Å²) in [5.74, 6) is 0.287. The average molecular weight is 537 g/mol. The molecule has 0 bridgehead atoms. The molecule has 1 saturated heterocycles. The van der Waals surface area contributed by atoms with Crippen molar-refractivity contribution in [1.29, 1.82) is 0 Å². The first-order valence-electron chi connectivity index (χ1n) is 10.6. The van der Waals surface area contributed by atoms with Gasteiger partial charge in [-0.15, -0.1) is 24.8 Å². The number of nitrogens with two attached hydrogens (primary N) is 5. The molecule has 1 aliphatic rings. The summed E-state index contributed by atoms with van der Waals surface area (Å²) in [5.41, 5.74) is 28.2. The van der Waals surface area contributed by atoms with E-state index in [0.29, 0.717) is 56.7 Å². The van der Waals surface area contributed by atoms with Gasteiger partial charge in [-0.1, -0.05) is 0 Å². The molecule has 12 N–H and O–H groups in total. The van der Waals surface area contributed by atoms with Crippen LogP contribution < -0.4 is 28.7 Å². The topological polar surface area (TPSA) is 251 Å². The Bertz CT molecular complexity index is 959. The maximum absolute atomic E-state index is 10.7. The summed E-state index contributed by atoms with van der Waals surface area (Å²) in [6.07, 6.45) is 0.302. The molecule has 0 radical (unpaired) electrons. The number of anilines is 1. The van der Waals surface area contributed by atoms with Gasteiger partial charge in [0.15, 0.2) is 29.6 Å². The summed E-state index contributed by atoms with van der Waals surface area (Å²) in [4.78, 5) is 22.4. The number of guanidine groups is 2. The van der Waals surface area contributed by atoms with Gasteiger partial charge >= 0.3 is 0 Å². The fraction of sp³-hybridized carbons (Fsp3) is 0.611. The van der Waals surface area contributed by atoms with Gasteiger partial charge in [-0.05, 0) is 12.8 Å². The van der Waals surface area contributed by atoms with Crippen LogP contribution in [-0.2, 0) is 4.74 Å². The number of hydrogen-bond acceptors (Lipinski definition) is 10. The molecule has 4 atom stereocenters. The number of ether oxygens (including phenoxy) is 1. The Balaban J connectivity index is 0.00000306. The van der Waals surface area contributed by atoms with Gasteiger partial charge in [-0.2, -0.15) is 0 Å².